The Bertz CT molecular complexity index is 1280. The van der Waals surface area contributed by atoms with Crippen molar-refractivity contribution < 1.29 is 53.9 Å². The van der Waals surface area contributed by atoms with E-state index in [-0.39, 0.29) is 53.3 Å². The van der Waals surface area contributed by atoms with Crippen LogP contribution >= 0.6 is 11.8 Å². The number of likely N-dealkylation sites (tertiary alicyclic amines) is 1. The zero-order valence-corrected chi connectivity index (χ0v) is 23.4. The van der Waals surface area contributed by atoms with E-state index >= 15 is 0 Å². The zero-order chi connectivity index (χ0) is 31.3. The highest BCUT2D eigenvalue weighted by Crippen LogP contribution is 2.35. The van der Waals surface area contributed by atoms with Gasteiger partial charge in [0, 0.05) is 41.7 Å². The molecule has 2 heterocycles. The van der Waals surface area contributed by atoms with Gasteiger partial charge in [0.1, 0.15) is 36.2 Å². The molecule has 230 valence electrons. The highest BCUT2D eigenvalue weighted by atomic mass is 32.2. The summed E-state index contributed by atoms with van der Waals surface area (Å²) in [6.45, 7) is 0.561. The van der Waals surface area contributed by atoms with Gasteiger partial charge < -0.3 is 52.2 Å². The largest absolute Gasteiger partial charge is 0.508 e. The number of carbonyl (C=O) groups is 6. The number of amides is 4. The number of nitrogens with zero attached hydrogens (tertiary/aromatic N) is 1. The Morgan fingerprint density at radius 1 is 1.24 bits per heavy atom. The molecule has 1 saturated heterocycles. The number of thioether (sulfide) groups is 1. The highest BCUT2D eigenvalue weighted by molar-refractivity contribution is 7.98. The third-order valence-electron chi connectivity index (χ3n) is 6.96. The SMILES string of the molecule is Cc1c(O)cc(O)c2c1C(=O)OC[C@H](NC(=O)[C@@H]1[C@H](O)CCN1C(=O)[C@@H](N)CCC(=O)O)C(=O)N[C@H](C(N)=O)CSC2. The fourth-order valence-corrected chi connectivity index (χ4v) is 5.70. The maximum Gasteiger partial charge on any atom is 0.339 e. The van der Waals surface area contributed by atoms with Gasteiger partial charge in [-0.05, 0) is 19.8 Å². The predicted octanol–water partition coefficient (Wildman–Crippen LogP) is -2.58. The van der Waals surface area contributed by atoms with Gasteiger partial charge in [-0.3, -0.25) is 24.0 Å². The number of nitrogens with two attached hydrogens (primary N) is 2. The van der Waals surface area contributed by atoms with Gasteiger partial charge in [-0.15, -0.1) is 0 Å². The van der Waals surface area contributed by atoms with E-state index in [1.54, 1.807) is 0 Å². The average molecular weight is 612 g/mol. The molecule has 3 rings (SSSR count). The summed E-state index contributed by atoms with van der Waals surface area (Å²) in [5.41, 5.74) is 11.3. The van der Waals surface area contributed by atoms with Crippen LogP contribution in [0.4, 0.5) is 0 Å². The van der Waals surface area contributed by atoms with Gasteiger partial charge in [0.25, 0.3) is 0 Å². The molecule has 1 fully saturated rings. The molecule has 0 radical (unpaired) electrons. The molecule has 0 saturated carbocycles. The maximum absolute atomic E-state index is 13.3. The number of aliphatic hydroxyl groups excluding tert-OH is 1. The van der Waals surface area contributed by atoms with Gasteiger partial charge >= 0.3 is 11.9 Å². The van der Waals surface area contributed by atoms with Crippen LogP contribution in [0.2, 0.25) is 0 Å². The maximum atomic E-state index is 13.3. The zero-order valence-electron chi connectivity index (χ0n) is 22.6. The summed E-state index contributed by atoms with van der Waals surface area (Å²) < 4.78 is 5.29. The number of hydrogen-bond donors (Lipinski definition) is 8. The lowest BCUT2D eigenvalue weighted by molar-refractivity contribution is -0.143. The first-order valence-electron chi connectivity index (χ1n) is 12.9. The van der Waals surface area contributed by atoms with E-state index in [1.165, 1.54) is 6.92 Å². The first-order chi connectivity index (χ1) is 19.7. The summed E-state index contributed by atoms with van der Waals surface area (Å²) >= 11 is 1.05. The van der Waals surface area contributed by atoms with Gasteiger partial charge in [0.15, 0.2) is 0 Å². The second-order valence-electron chi connectivity index (χ2n) is 9.90. The van der Waals surface area contributed by atoms with E-state index < -0.39 is 84.6 Å². The molecule has 10 N–H and O–H groups in total. The smallest absolute Gasteiger partial charge is 0.339 e. The number of primary amides is 1. The monoisotopic (exact) mass is 611 g/mol. The minimum absolute atomic E-state index is 0.00473. The van der Waals surface area contributed by atoms with Gasteiger partial charge in [0.2, 0.25) is 23.6 Å². The van der Waals surface area contributed by atoms with Crippen molar-refractivity contribution in [3.63, 3.8) is 0 Å². The van der Waals surface area contributed by atoms with E-state index in [2.05, 4.69) is 10.6 Å². The number of phenolic OH excluding ortho intramolecular Hbond substituents is 2. The number of carbonyl (C=O) groups excluding carboxylic acids is 5. The Labute approximate surface area is 243 Å². The molecule has 0 spiro atoms. The fourth-order valence-electron chi connectivity index (χ4n) is 4.60. The van der Waals surface area contributed by atoms with E-state index in [0.717, 1.165) is 22.7 Å². The number of cyclic esters (lactones) is 1. The number of aromatic hydroxyl groups is 2. The lowest BCUT2D eigenvalue weighted by Crippen LogP contribution is -2.60. The third-order valence-corrected chi connectivity index (χ3v) is 8.02. The van der Waals surface area contributed by atoms with E-state index in [9.17, 15) is 44.1 Å². The van der Waals surface area contributed by atoms with Crippen LogP contribution in [0.15, 0.2) is 6.07 Å². The normalized spacial score (nSPS) is 23.8. The van der Waals surface area contributed by atoms with Crippen molar-refractivity contribution in [2.75, 3.05) is 18.9 Å². The van der Waals surface area contributed by atoms with Crippen LogP contribution in [0, 0.1) is 6.92 Å². The number of hydrogen-bond acceptors (Lipinski definition) is 12. The fraction of sp³-hybridized carbons (Fsp3) is 0.520. The van der Waals surface area contributed by atoms with Crippen molar-refractivity contribution in [3.05, 3.63) is 22.8 Å². The van der Waals surface area contributed by atoms with Crippen LogP contribution < -0.4 is 22.1 Å². The van der Waals surface area contributed by atoms with Crippen molar-refractivity contribution >= 4 is 47.3 Å². The molecule has 42 heavy (non-hydrogen) atoms. The third kappa shape index (κ3) is 7.40. The number of phenols is 2. The number of aliphatic hydroxyl groups is 1. The summed E-state index contributed by atoms with van der Waals surface area (Å²) in [6, 6.07) is -4.58. The number of ether oxygens (including phenoxy) is 1. The van der Waals surface area contributed by atoms with Crippen LogP contribution in [0.1, 0.15) is 40.7 Å². The molecule has 17 heteroatoms. The summed E-state index contributed by atoms with van der Waals surface area (Å²) in [5.74, 6) is -6.70. The lowest BCUT2D eigenvalue weighted by Gasteiger charge is -2.29. The topological polar surface area (TPSA) is 272 Å². The molecule has 2 aliphatic rings. The van der Waals surface area contributed by atoms with Crippen molar-refractivity contribution in [2.45, 2.75) is 62.2 Å². The van der Waals surface area contributed by atoms with Crippen LogP contribution in [0.5, 0.6) is 11.5 Å². The molecule has 2 aliphatic heterocycles. The number of fused-ring (bicyclic) bond motifs is 1. The lowest BCUT2D eigenvalue weighted by atomic mass is 10.0. The Balaban J connectivity index is 1.88. The van der Waals surface area contributed by atoms with E-state index in [4.69, 9.17) is 21.3 Å². The van der Waals surface area contributed by atoms with Crippen molar-refractivity contribution in [1.29, 1.82) is 0 Å². The molecule has 16 nitrogen and oxygen atoms in total. The Hall–Kier alpha value is -4.09. The summed E-state index contributed by atoms with van der Waals surface area (Å²) in [5, 5.41) is 44.6. The Morgan fingerprint density at radius 3 is 2.57 bits per heavy atom. The van der Waals surface area contributed by atoms with Crippen molar-refractivity contribution in [2.24, 2.45) is 11.5 Å². The number of nitrogens with one attached hydrogen (secondary N) is 2. The Morgan fingerprint density at radius 2 is 1.93 bits per heavy atom. The predicted molar refractivity (Wildman–Crippen MR) is 145 cm³/mol. The molecule has 1 aromatic rings. The molecular weight excluding hydrogens is 578 g/mol. The summed E-state index contributed by atoms with van der Waals surface area (Å²) in [4.78, 5) is 76.3. The minimum Gasteiger partial charge on any atom is -0.508 e. The van der Waals surface area contributed by atoms with Gasteiger partial charge in [-0.1, -0.05) is 0 Å². The van der Waals surface area contributed by atoms with Gasteiger partial charge in [-0.25, -0.2) is 4.79 Å². The molecule has 0 aliphatic carbocycles. The standard InChI is InChI=1S/C25H33N5O11S/c1-10-16(32)6-17(33)11-8-42-9-14(21(27)36)29-22(37)13(7-41-25(40)19(10)11)28-23(38)20-15(31)4-5-30(20)24(39)12(26)2-3-18(34)35/h6,12-15,20,31-33H,2-5,7-9,26H2,1H3,(H2,27,36)(H,28,38)(H,29,37)(H,34,35)/t12-,13-,14-,15+,20-/m0/s1. The summed E-state index contributed by atoms with van der Waals surface area (Å²) in [6.07, 6.45) is -1.97. The number of carboxylic acids is 1. The van der Waals surface area contributed by atoms with Gasteiger partial charge in [-0.2, -0.15) is 11.8 Å². The van der Waals surface area contributed by atoms with E-state index in [1.807, 2.05) is 0 Å². The van der Waals surface area contributed by atoms with Crippen molar-refractivity contribution in [3.8, 4) is 11.5 Å². The number of rotatable bonds is 7. The van der Waals surface area contributed by atoms with Crippen LogP contribution in [0.3, 0.4) is 0 Å². The van der Waals surface area contributed by atoms with E-state index in [0.29, 0.717) is 0 Å². The molecule has 5 atom stereocenters. The number of carboxylic acid groups (broad SMARTS) is 1. The average Bonchev–Trinajstić information content (AvgIpc) is 3.31. The molecule has 4 amide bonds. The second-order valence-corrected chi connectivity index (χ2v) is 10.9. The minimum atomic E-state index is -1.63. The molecule has 0 unspecified atom stereocenters. The number of benzene rings is 1. The molecule has 0 bridgehead atoms. The molecule has 0 aromatic heterocycles. The second kappa shape index (κ2) is 13.7. The van der Waals surface area contributed by atoms with Crippen LogP contribution in [0.25, 0.3) is 0 Å². The number of aliphatic carboxylic acids is 1. The summed E-state index contributed by atoms with van der Waals surface area (Å²) in [7, 11) is 0. The highest BCUT2D eigenvalue weighted by Gasteiger charge is 2.43. The Kier molecular flexibility index (Phi) is 10.6. The quantitative estimate of drug-likeness (QED) is 0.147. The van der Waals surface area contributed by atoms with Crippen LogP contribution in [-0.2, 0) is 34.5 Å². The van der Waals surface area contributed by atoms with Crippen molar-refractivity contribution in [1.82, 2.24) is 15.5 Å². The number of esters is 1. The van der Waals surface area contributed by atoms with Crippen LogP contribution in [-0.4, -0.2) is 110 Å². The first-order valence-corrected chi connectivity index (χ1v) is 14.0. The molecule has 1 aromatic carbocycles. The van der Waals surface area contributed by atoms with Gasteiger partial charge in [0.05, 0.1) is 17.7 Å². The molecular formula is C25H33N5O11S. The first kappa shape index (κ1) is 32.4.